The number of nitrogens with one attached hydrogen (secondary N) is 1. The molecule has 112 valence electrons. The summed E-state index contributed by atoms with van der Waals surface area (Å²) in [5, 5.41) is 4.04. The van der Waals surface area contributed by atoms with Crippen LogP contribution in [0.4, 0.5) is 0 Å². The van der Waals surface area contributed by atoms with E-state index < -0.39 is 0 Å². The lowest BCUT2D eigenvalue weighted by atomic mass is 10.0. The van der Waals surface area contributed by atoms with Crippen LogP contribution in [0.15, 0.2) is 24.3 Å². The van der Waals surface area contributed by atoms with Crippen LogP contribution in [0.2, 0.25) is 5.02 Å². The summed E-state index contributed by atoms with van der Waals surface area (Å²) < 4.78 is 0. The van der Waals surface area contributed by atoms with Crippen molar-refractivity contribution in [3.8, 4) is 0 Å². The van der Waals surface area contributed by atoms with E-state index in [0.717, 1.165) is 30.0 Å². The highest BCUT2D eigenvalue weighted by Crippen LogP contribution is 2.18. The molecule has 1 aromatic carbocycles. The van der Waals surface area contributed by atoms with Gasteiger partial charge in [-0.3, -0.25) is 4.79 Å². The van der Waals surface area contributed by atoms with E-state index in [1.807, 2.05) is 36.1 Å². The molecule has 3 nitrogen and oxygen atoms in total. The molecule has 1 heterocycles. The predicted octanol–water partition coefficient (Wildman–Crippen LogP) is 3.25. The van der Waals surface area contributed by atoms with Gasteiger partial charge in [-0.2, -0.15) is 0 Å². The highest BCUT2D eigenvalue weighted by atomic mass is 35.5. The molecule has 0 saturated carbocycles. The Morgan fingerprint density at radius 3 is 2.75 bits per heavy atom. The smallest absolute Gasteiger partial charge is 0.239 e. The largest absolute Gasteiger partial charge is 0.337 e. The minimum Gasteiger partial charge on any atom is -0.337 e. The average Bonchev–Trinajstić information content (AvgIpc) is 2.47. The summed E-state index contributed by atoms with van der Waals surface area (Å²) in [7, 11) is 0. The molecule has 1 atom stereocenters. The molecule has 1 aromatic rings. The van der Waals surface area contributed by atoms with Crippen LogP contribution in [0.3, 0.4) is 0 Å². The molecular weight excluding hydrogens is 295 g/mol. The van der Waals surface area contributed by atoms with Crippen molar-refractivity contribution in [2.24, 2.45) is 0 Å². The van der Waals surface area contributed by atoms with Gasteiger partial charge in [0, 0.05) is 18.1 Å². The minimum absolute atomic E-state index is 0. The van der Waals surface area contributed by atoms with E-state index in [2.05, 4.69) is 5.32 Å². The Morgan fingerprint density at radius 1 is 1.40 bits per heavy atom. The zero-order valence-corrected chi connectivity index (χ0v) is 13.3. The zero-order chi connectivity index (χ0) is 13.7. The predicted molar refractivity (Wildman–Crippen MR) is 85.4 cm³/mol. The summed E-state index contributed by atoms with van der Waals surface area (Å²) in [6.07, 6.45) is 3.24. The van der Waals surface area contributed by atoms with E-state index in [1.54, 1.807) is 0 Å². The van der Waals surface area contributed by atoms with Crippen molar-refractivity contribution in [3.05, 3.63) is 34.9 Å². The first-order valence-electron chi connectivity index (χ1n) is 6.98. The van der Waals surface area contributed by atoms with Crippen LogP contribution in [-0.4, -0.2) is 29.9 Å². The fraction of sp³-hybridized carbons (Fsp3) is 0.533. The van der Waals surface area contributed by atoms with Gasteiger partial charge < -0.3 is 10.2 Å². The number of halogens is 2. The summed E-state index contributed by atoms with van der Waals surface area (Å²) >= 11 is 6.16. The standard InChI is InChI=1S/C15H21ClN2O.ClH/c1-2-18(11-12-7-3-4-8-13(12)16)15(19)14-9-5-6-10-17-14;/h3-4,7-8,14,17H,2,5-6,9-11H2,1H3;1H/t14-;/m0./s1. The average molecular weight is 317 g/mol. The number of amides is 1. The van der Waals surface area contributed by atoms with Crippen LogP contribution in [-0.2, 0) is 11.3 Å². The molecule has 0 bridgehead atoms. The van der Waals surface area contributed by atoms with Crippen LogP contribution in [0, 0.1) is 0 Å². The number of hydrogen-bond acceptors (Lipinski definition) is 2. The number of likely N-dealkylation sites (N-methyl/N-ethyl adjacent to an activating group) is 1. The third-order valence-electron chi connectivity index (χ3n) is 3.62. The number of piperidine rings is 1. The number of benzene rings is 1. The van der Waals surface area contributed by atoms with Gasteiger partial charge in [-0.15, -0.1) is 12.4 Å². The normalized spacial score (nSPS) is 18.2. The Kier molecular flexibility index (Phi) is 7.35. The molecule has 1 aliphatic rings. The topological polar surface area (TPSA) is 32.3 Å². The van der Waals surface area contributed by atoms with Crippen LogP contribution in [0.1, 0.15) is 31.7 Å². The van der Waals surface area contributed by atoms with E-state index in [-0.39, 0.29) is 24.4 Å². The maximum Gasteiger partial charge on any atom is 0.239 e. The summed E-state index contributed by atoms with van der Waals surface area (Å²) in [5.41, 5.74) is 1.01. The van der Waals surface area contributed by atoms with Gasteiger partial charge in [-0.25, -0.2) is 0 Å². The third kappa shape index (κ3) is 4.37. The van der Waals surface area contributed by atoms with Crippen molar-refractivity contribution in [3.63, 3.8) is 0 Å². The van der Waals surface area contributed by atoms with Crippen molar-refractivity contribution in [2.75, 3.05) is 13.1 Å². The zero-order valence-electron chi connectivity index (χ0n) is 11.8. The SMILES string of the molecule is CCN(Cc1ccccc1Cl)C(=O)[C@@H]1CCCCN1.Cl. The van der Waals surface area contributed by atoms with E-state index >= 15 is 0 Å². The number of rotatable bonds is 4. The fourth-order valence-corrected chi connectivity index (χ4v) is 2.66. The second kappa shape index (κ2) is 8.50. The number of nitrogens with zero attached hydrogens (tertiary/aromatic N) is 1. The monoisotopic (exact) mass is 316 g/mol. The Hall–Kier alpha value is -0.770. The first-order chi connectivity index (χ1) is 9.22. The van der Waals surface area contributed by atoms with E-state index in [9.17, 15) is 4.79 Å². The minimum atomic E-state index is -0.0174. The van der Waals surface area contributed by atoms with Crippen molar-refractivity contribution in [1.29, 1.82) is 0 Å². The molecule has 5 heteroatoms. The summed E-state index contributed by atoms with van der Waals surface area (Å²) in [6.45, 7) is 4.26. The molecule has 1 saturated heterocycles. The van der Waals surface area contributed by atoms with Gasteiger partial charge in [0.1, 0.15) is 0 Å². The van der Waals surface area contributed by atoms with E-state index in [4.69, 9.17) is 11.6 Å². The van der Waals surface area contributed by atoms with Gasteiger partial charge in [-0.1, -0.05) is 36.2 Å². The van der Waals surface area contributed by atoms with Gasteiger partial charge in [0.05, 0.1) is 6.04 Å². The van der Waals surface area contributed by atoms with Crippen molar-refractivity contribution >= 4 is 29.9 Å². The second-order valence-corrected chi connectivity index (χ2v) is 5.35. The maximum absolute atomic E-state index is 12.5. The van der Waals surface area contributed by atoms with Gasteiger partial charge in [-0.05, 0) is 37.9 Å². The molecular formula is C15H22Cl2N2O. The molecule has 0 unspecified atom stereocenters. The Bertz CT molecular complexity index is 434. The van der Waals surface area contributed by atoms with Gasteiger partial charge in [0.15, 0.2) is 0 Å². The van der Waals surface area contributed by atoms with Crippen LogP contribution < -0.4 is 5.32 Å². The summed E-state index contributed by atoms with van der Waals surface area (Å²) in [6, 6.07) is 7.70. The molecule has 20 heavy (non-hydrogen) atoms. The lowest BCUT2D eigenvalue weighted by Gasteiger charge is -2.29. The Morgan fingerprint density at radius 2 is 2.15 bits per heavy atom. The quantitative estimate of drug-likeness (QED) is 0.924. The molecule has 1 aliphatic heterocycles. The molecule has 0 aliphatic carbocycles. The first kappa shape index (κ1) is 17.3. The number of carbonyl (C=O) groups is 1. The molecule has 0 radical (unpaired) electrons. The molecule has 0 aromatic heterocycles. The van der Waals surface area contributed by atoms with Gasteiger partial charge in [0.25, 0.3) is 0 Å². The number of carbonyl (C=O) groups excluding carboxylic acids is 1. The lowest BCUT2D eigenvalue weighted by molar-refractivity contribution is -0.134. The van der Waals surface area contributed by atoms with Crippen LogP contribution >= 0.6 is 24.0 Å². The molecule has 1 fully saturated rings. The van der Waals surface area contributed by atoms with Crippen LogP contribution in [0.5, 0.6) is 0 Å². The number of hydrogen-bond donors (Lipinski definition) is 1. The third-order valence-corrected chi connectivity index (χ3v) is 3.99. The molecule has 2 rings (SSSR count). The van der Waals surface area contributed by atoms with Gasteiger partial charge in [0.2, 0.25) is 5.91 Å². The van der Waals surface area contributed by atoms with Crippen LogP contribution in [0.25, 0.3) is 0 Å². The summed E-state index contributed by atoms with van der Waals surface area (Å²) in [4.78, 5) is 14.3. The van der Waals surface area contributed by atoms with Gasteiger partial charge >= 0.3 is 0 Å². The fourth-order valence-electron chi connectivity index (χ4n) is 2.46. The molecule has 1 amide bonds. The van der Waals surface area contributed by atoms with Crippen molar-refractivity contribution in [2.45, 2.75) is 38.8 Å². The molecule has 0 spiro atoms. The summed E-state index contributed by atoms with van der Waals surface area (Å²) in [5.74, 6) is 0.196. The Balaban J connectivity index is 0.00000200. The lowest BCUT2D eigenvalue weighted by Crippen LogP contribution is -2.48. The Labute approximate surface area is 132 Å². The highest BCUT2D eigenvalue weighted by molar-refractivity contribution is 6.31. The maximum atomic E-state index is 12.5. The second-order valence-electron chi connectivity index (χ2n) is 4.95. The van der Waals surface area contributed by atoms with Crippen molar-refractivity contribution < 1.29 is 4.79 Å². The van der Waals surface area contributed by atoms with E-state index in [0.29, 0.717) is 13.1 Å². The van der Waals surface area contributed by atoms with E-state index in [1.165, 1.54) is 6.42 Å². The van der Waals surface area contributed by atoms with Crippen molar-refractivity contribution in [1.82, 2.24) is 10.2 Å². The first-order valence-corrected chi connectivity index (χ1v) is 7.35. The highest BCUT2D eigenvalue weighted by Gasteiger charge is 2.25. The molecule has 1 N–H and O–H groups in total.